The zero-order valence-corrected chi connectivity index (χ0v) is 12.6. The maximum absolute atomic E-state index is 13.6. The van der Waals surface area contributed by atoms with Crippen LogP contribution in [0.3, 0.4) is 0 Å². The van der Waals surface area contributed by atoms with Crippen molar-refractivity contribution in [2.45, 2.75) is 19.4 Å². The van der Waals surface area contributed by atoms with E-state index in [1.165, 1.54) is 6.07 Å². The van der Waals surface area contributed by atoms with E-state index in [2.05, 4.69) is 33.2 Å². The molecule has 0 aliphatic carbocycles. The van der Waals surface area contributed by atoms with Crippen LogP contribution in [0.25, 0.3) is 0 Å². The van der Waals surface area contributed by atoms with Gasteiger partial charge in [0.05, 0.1) is 6.04 Å². The number of rotatable bonds is 5. The average Bonchev–Trinajstić information content (AvgIpc) is 2.75. The molecule has 0 spiro atoms. The van der Waals surface area contributed by atoms with Gasteiger partial charge in [-0.2, -0.15) is 0 Å². The summed E-state index contributed by atoms with van der Waals surface area (Å²) >= 11 is 3.34. The molecule has 0 amide bonds. The zero-order chi connectivity index (χ0) is 13.8. The topological polar surface area (TPSA) is 29.9 Å². The Kier molecular flexibility index (Phi) is 4.71. The second-order valence-electron chi connectivity index (χ2n) is 4.49. The van der Waals surface area contributed by atoms with E-state index < -0.39 is 0 Å². The molecule has 3 nitrogen and oxygen atoms in total. The second-order valence-corrected chi connectivity index (χ2v) is 5.40. The molecule has 0 bridgehead atoms. The van der Waals surface area contributed by atoms with Gasteiger partial charge in [0.1, 0.15) is 11.6 Å². The number of nitrogens with one attached hydrogen (secondary N) is 1. The van der Waals surface area contributed by atoms with Gasteiger partial charge in [0, 0.05) is 23.9 Å². The first-order valence-electron chi connectivity index (χ1n) is 6.28. The van der Waals surface area contributed by atoms with Gasteiger partial charge < -0.3 is 9.88 Å². The zero-order valence-electron chi connectivity index (χ0n) is 11.0. The first kappa shape index (κ1) is 14.2. The van der Waals surface area contributed by atoms with Crippen molar-refractivity contribution < 1.29 is 4.39 Å². The summed E-state index contributed by atoms with van der Waals surface area (Å²) in [5.74, 6) is 0.632. The molecule has 1 aromatic carbocycles. The predicted octanol–water partition coefficient (Wildman–Crippen LogP) is 3.41. The molecule has 0 aliphatic rings. The Morgan fingerprint density at radius 1 is 1.42 bits per heavy atom. The number of aryl methyl sites for hydroxylation is 1. The lowest BCUT2D eigenvalue weighted by atomic mass is 10.1. The fraction of sp³-hybridized carbons (Fsp3) is 0.357. The number of halogens is 2. The first-order valence-corrected chi connectivity index (χ1v) is 7.07. The number of nitrogens with zero attached hydrogens (tertiary/aromatic N) is 2. The molecule has 1 atom stereocenters. The van der Waals surface area contributed by atoms with E-state index in [9.17, 15) is 4.39 Å². The fourth-order valence-electron chi connectivity index (χ4n) is 2.04. The van der Waals surface area contributed by atoms with Crippen LogP contribution in [0, 0.1) is 5.82 Å². The van der Waals surface area contributed by atoms with Crippen molar-refractivity contribution in [1.29, 1.82) is 0 Å². The van der Waals surface area contributed by atoms with E-state index in [-0.39, 0.29) is 11.9 Å². The van der Waals surface area contributed by atoms with E-state index in [4.69, 9.17) is 0 Å². The van der Waals surface area contributed by atoms with Crippen LogP contribution in [0.4, 0.5) is 4.39 Å². The SMILES string of the molecule is CCCNC(c1cc(F)cc(Br)c1)c1nccn1C. The van der Waals surface area contributed by atoms with Crippen molar-refractivity contribution >= 4 is 15.9 Å². The molecule has 1 heterocycles. The van der Waals surface area contributed by atoms with Gasteiger partial charge in [0.15, 0.2) is 0 Å². The molecule has 0 radical (unpaired) electrons. The Bertz CT molecular complexity index is 533. The largest absolute Gasteiger partial charge is 0.336 e. The predicted molar refractivity (Wildman–Crippen MR) is 77.4 cm³/mol. The third-order valence-electron chi connectivity index (χ3n) is 2.93. The van der Waals surface area contributed by atoms with E-state index in [0.717, 1.165) is 28.8 Å². The summed E-state index contributed by atoms with van der Waals surface area (Å²) in [6, 6.07) is 4.82. The third-order valence-corrected chi connectivity index (χ3v) is 3.39. The van der Waals surface area contributed by atoms with E-state index in [1.54, 1.807) is 12.3 Å². The molecule has 0 aliphatic heterocycles. The van der Waals surface area contributed by atoms with Crippen LogP contribution >= 0.6 is 15.9 Å². The van der Waals surface area contributed by atoms with Crippen molar-refractivity contribution in [3.05, 3.63) is 52.3 Å². The van der Waals surface area contributed by atoms with E-state index in [0.29, 0.717) is 0 Å². The van der Waals surface area contributed by atoms with Gasteiger partial charge in [0.2, 0.25) is 0 Å². The highest BCUT2D eigenvalue weighted by Crippen LogP contribution is 2.24. The Balaban J connectivity index is 2.39. The Hall–Kier alpha value is -1.20. The molecule has 0 saturated carbocycles. The number of benzene rings is 1. The molecule has 1 aromatic heterocycles. The highest BCUT2D eigenvalue weighted by Gasteiger charge is 2.18. The molecule has 0 fully saturated rings. The Labute approximate surface area is 121 Å². The third kappa shape index (κ3) is 3.42. The molecular formula is C14H17BrFN3. The van der Waals surface area contributed by atoms with Gasteiger partial charge in [-0.3, -0.25) is 0 Å². The monoisotopic (exact) mass is 325 g/mol. The molecule has 1 N–H and O–H groups in total. The van der Waals surface area contributed by atoms with Crippen molar-refractivity contribution in [2.75, 3.05) is 6.54 Å². The van der Waals surface area contributed by atoms with Crippen LogP contribution < -0.4 is 5.32 Å². The molecule has 5 heteroatoms. The summed E-state index contributed by atoms with van der Waals surface area (Å²) in [7, 11) is 1.94. The van der Waals surface area contributed by atoms with E-state index in [1.807, 2.05) is 23.9 Å². The first-order chi connectivity index (χ1) is 9.11. The number of hydrogen-bond donors (Lipinski definition) is 1. The molecule has 102 valence electrons. The van der Waals surface area contributed by atoms with Gasteiger partial charge in [-0.05, 0) is 36.7 Å². The van der Waals surface area contributed by atoms with Gasteiger partial charge in [-0.15, -0.1) is 0 Å². The van der Waals surface area contributed by atoms with Crippen molar-refractivity contribution in [3.8, 4) is 0 Å². The van der Waals surface area contributed by atoms with Crippen molar-refractivity contribution in [2.24, 2.45) is 7.05 Å². The van der Waals surface area contributed by atoms with Crippen molar-refractivity contribution in [3.63, 3.8) is 0 Å². The average molecular weight is 326 g/mol. The smallest absolute Gasteiger partial charge is 0.130 e. The summed E-state index contributed by atoms with van der Waals surface area (Å²) < 4.78 is 16.3. The molecular weight excluding hydrogens is 309 g/mol. The highest BCUT2D eigenvalue weighted by molar-refractivity contribution is 9.10. The Morgan fingerprint density at radius 2 is 2.21 bits per heavy atom. The summed E-state index contributed by atoms with van der Waals surface area (Å²) in [4.78, 5) is 4.37. The molecule has 2 aromatic rings. The molecule has 19 heavy (non-hydrogen) atoms. The fourth-order valence-corrected chi connectivity index (χ4v) is 2.53. The molecule has 2 rings (SSSR count). The lowest BCUT2D eigenvalue weighted by Gasteiger charge is -2.19. The van der Waals surface area contributed by atoms with Crippen LogP contribution in [0.1, 0.15) is 30.8 Å². The summed E-state index contributed by atoms with van der Waals surface area (Å²) in [6.07, 6.45) is 4.66. The number of imidazole rings is 1. The lowest BCUT2D eigenvalue weighted by Crippen LogP contribution is -2.26. The molecule has 0 saturated heterocycles. The lowest BCUT2D eigenvalue weighted by molar-refractivity contribution is 0.549. The number of aromatic nitrogens is 2. The van der Waals surface area contributed by atoms with Crippen LogP contribution in [-0.2, 0) is 7.05 Å². The van der Waals surface area contributed by atoms with Crippen LogP contribution in [0.2, 0.25) is 0 Å². The Morgan fingerprint density at radius 3 is 2.79 bits per heavy atom. The minimum Gasteiger partial charge on any atom is -0.336 e. The highest BCUT2D eigenvalue weighted by atomic mass is 79.9. The van der Waals surface area contributed by atoms with Crippen molar-refractivity contribution in [1.82, 2.24) is 14.9 Å². The standard InChI is InChI=1S/C14H17BrFN3/c1-3-4-17-13(14-18-5-6-19(14)2)10-7-11(15)9-12(16)8-10/h5-9,13,17H,3-4H2,1-2H3. The normalized spacial score (nSPS) is 12.6. The van der Waals surface area contributed by atoms with Crippen LogP contribution in [0.15, 0.2) is 35.1 Å². The minimum absolute atomic E-state index is 0.105. The molecule has 1 unspecified atom stereocenters. The summed E-state index contributed by atoms with van der Waals surface area (Å²) in [6.45, 7) is 2.95. The van der Waals surface area contributed by atoms with Gasteiger partial charge in [-0.25, -0.2) is 9.37 Å². The summed E-state index contributed by atoms with van der Waals surface area (Å²) in [5, 5.41) is 3.41. The quantitative estimate of drug-likeness (QED) is 0.912. The maximum atomic E-state index is 13.6. The van der Waals surface area contributed by atoms with Crippen LogP contribution in [-0.4, -0.2) is 16.1 Å². The van der Waals surface area contributed by atoms with Gasteiger partial charge >= 0.3 is 0 Å². The van der Waals surface area contributed by atoms with E-state index >= 15 is 0 Å². The summed E-state index contributed by atoms with van der Waals surface area (Å²) in [5.41, 5.74) is 0.870. The van der Waals surface area contributed by atoms with Gasteiger partial charge in [-0.1, -0.05) is 22.9 Å². The van der Waals surface area contributed by atoms with Crippen LogP contribution in [0.5, 0.6) is 0 Å². The second kappa shape index (κ2) is 6.30. The number of hydrogen-bond acceptors (Lipinski definition) is 2. The minimum atomic E-state index is -0.248. The maximum Gasteiger partial charge on any atom is 0.130 e. The van der Waals surface area contributed by atoms with Gasteiger partial charge in [0.25, 0.3) is 0 Å².